The van der Waals surface area contributed by atoms with Crippen molar-refractivity contribution >= 4 is 46.6 Å². The first-order valence-corrected chi connectivity index (χ1v) is 9.14. The smallest absolute Gasteiger partial charge is 0.193 e. The number of nitrogens with zero attached hydrogens (tertiary/aromatic N) is 1. The first-order chi connectivity index (χ1) is 13.2. The van der Waals surface area contributed by atoms with Gasteiger partial charge in [0.2, 0.25) is 0 Å². The summed E-state index contributed by atoms with van der Waals surface area (Å²) in [5, 5.41) is 4.25. The van der Waals surface area contributed by atoms with Crippen molar-refractivity contribution in [2.24, 2.45) is 10.7 Å². The number of nitrogens with two attached hydrogens (primary N) is 1. The van der Waals surface area contributed by atoms with Crippen LogP contribution in [0, 0.1) is 6.92 Å². The van der Waals surface area contributed by atoms with Crippen LogP contribution in [-0.2, 0) is 6.42 Å². The van der Waals surface area contributed by atoms with Crippen LogP contribution in [0.1, 0.15) is 17.7 Å². The summed E-state index contributed by atoms with van der Waals surface area (Å²) < 4.78 is 17.1. The molecule has 0 radical (unpaired) electrons. The Hall–Kier alpha value is -2.42. The van der Waals surface area contributed by atoms with Crippen LogP contribution in [-0.4, -0.2) is 25.7 Å². The van der Waals surface area contributed by atoms with Gasteiger partial charge < -0.3 is 24.9 Å². The molecular formula is C21H24IN3O3. The second-order valence-electron chi connectivity index (χ2n) is 6.49. The lowest BCUT2D eigenvalue weighted by Crippen LogP contribution is -2.23. The third kappa shape index (κ3) is 4.52. The van der Waals surface area contributed by atoms with E-state index in [1.165, 1.54) is 5.56 Å². The molecule has 148 valence electrons. The van der Waals surface area contributed by atoms with Crippen LogP contribution in [0.4, 0.5) is 5.69 Å². The third-order valence-electron chi connectivity index (χ3n) is 4.56. The van der Waals surface area contributed by atoms with Crippen molar-refractivity contribution in [1.82, 2.24) is 0 Å². The van der Waals surface area contributed by atoms with Crippen molar-refractivity contribution < 1.29 is 13.9 Å². The molecule has 4 rings (SSSR count). The number of hydrogen-bond donors (Lipinski definition) is 2. The minimum Gasteiger partial charge on any atom is -0.490 e. The predicted octanol–water partition coefficient (Wildman–Crippen LogP) is 4.49. The summed E-state index contributed by atoms with van der Waals surface area (Å²) >= 11 is 0. The van der Waals surface area contributed by atoms with Gasteiger partial charge in [-0.2, -0.15) is 0 Å². The van der Waals surface area contributed by atoms with Crippen LogP contribution in [0.2, 0.25) is 0 Å². The molecule has 7 heteroatoms. The third-order valence-corrected chi connectivity index (χ3v) is 4.56. The molecule has 1 aromatic heterocycles. The summed E-state index contributed by atoms with van der Waals surface area (Å²) in [6.07, 6.45) is 1.65. The van der Waals surface area contributed by atoms with Gasteiger partial charge in [0.15, 0.2) is 17.5 Å². The summed E-state index contributed by atoms with van der Waals surface area (Å²) in [7, 11) is 0. The molecule has 1 aliphatic heterocycles. The maximum absolute atomic E-state index is 6.05. The number of anilines is 1. The van der Waals surface area contributed by atoms with E-state index in [4.69, 9.17) is 19.6 Å². The highest BCUT2D eigenvalue weighted by Crippen LogP contribution is 2.32. The van der Waals surface area contributed by atoms with Gasteiger partial charge >= 0.3 is 0 Å². The number of nitrogens with one attached hydrogen (secondary N) is 1. The molecular weight excluding hydrogens is 469 g/mol. The van der Waals surface area contributed by atoms with Crippen LogP contribution in [0.3, 0.4) is 0 Å². The molecule has 1 aliphatic rings. The van der Waals surface area contributed by atoms with Gasteiger partial charge in [0.1, 0.15) is 11.3 Å². The number of fused-ring (bicyclic) bond motifs is 2. The lowest BCUT2D eigenvalue weighted by Gasteiger charge is -2.10. The highest BCUT2D eigenvalue weighted by molar-refractivity contribution is 14.0. The number of aryl methyl sites for hydroxylation is 1. The molecule has 6 nitrogen and oxygen atoms in total. The van der Waals surface area contributed by atoms with Gasteiger partial charge in [0.05, 0.1) is 13.2 Å². The number of ether oxygens (including phenoxy) is 2. The van der Waals surface area contributed by atoms with Crippen LogP contribution in [0.15, 0.2) is 51.9 Å². The molecule has 0 atom stereocenters. The number of hydrogen-bond acceptors (Lipinski definition) is 4. The van der Waals surface area contributed by atoms with Gasteiger partial charge in [-0.05, 0) is 31.5 Å². The van der Waals surface area contributed by atoms with Crippen molar-refractivity contribution in [2.45, 2.75) is 19.8 Å². The molecule has 0 bridgehead atoms. The maximum atomic E-state index is 6.05. The fraction of sp³-hybridized carbons (Fsp3) is 0.286. The minimum atomic E-state index is 0. The van der Waals surface area contributed by atoms with E-state index in [1.807, 2.05) is 43.3 Å². The van der Waals surface area contributed by atoms with Crippen LogP contribution in [0.5, 0.6) is 11.5 Å². The van der Waals surface area contributed by atoms with Crippen molar-refractivity contribution in [1.29, 1.82) is 0 Å². The standard InChI is InChI=1S/C21H23N3O3.HI/c1-14-16(17-5-2-3-6-18(17)27-14)9-10-23-21(22)24-15-7-8-19-20(13-15)26-12-4-11-25-19;/h2-3,5-8,13H,4,9-12H2,1H3,(H3,22,23,24);1H. The zero-order valence-corrected chi connectivity index (χ0v) is 18.1. The molecule has 3 aromatic rings. The number of aliphatic imine (C=N–C) groups is 1. The quantitative estimate of drug-likeness (QED) is 0.318. The molecule has 0 amide bonds. The topological polar surface area (TPSA) is 82.0 Å². The molecule has 0 aliphatic carbocycles. The second kappa shape index (κ2) is 9.18. The fourth-order valence-electron chi connectivity index (χ4n) is 3.25. The maximum Gasteiger partial charge on any atom is 0.193 e. The molecule has 0 unspecified atom stereocenters. The van der Waals surface area contributed by atoms with Gasteiger partial charge in [0.25, 0.3) is 0 Å². The van der Waals surface area contributed by atoms with Gasteiger partial charge in [-0.3, -0.25) is 4.99 Å². The SMILES string of the molecule is Cc1oc2ccccc2c1CCN=C(N)Nc1ccc2c(c1)OCCCO2.I. The van der Waals surface area contributed by atoms with E-state index in [1.54, 1.807) is 0 Å². The Morgan fingerprint density at radius 3 is 2.75 bits per heavy atom. The first kappa shape index (κ1) is 20.3. The molecule has 0 saturated heterocycles. The van der Waals surface area contributed by atoms with Gasteiger partial charge in [-0.1, -0.05) is 18.2 Å². The Morgan fingerprint density at radius 1 is 1.11 bits per heavy atom. The van der Waals surface area contributed by atoms with E-state index in [0.717, 1.165) is 46.8 Å². The zero-order chi connectivity index (χ0) is 18.6. The van der Waals surface area contributed by atoms with Crippen LogP contribution >= 0.6 is 24.0 Å². The molecule has 28 heavy (non-hydrogen) atoms. The predicted molar refractivity (Wildman–Crippen MR) is 122 cm³/mol. The van der Waals surface area contributed by atoms with E-state index in [-0.39, 0.29) is 24.0 Å². The second-order valence-corrected chi connectivity index (χ2v) is 6.49. The number of furan rings is 1. The van der Waals surface area contributed by atoms with Gasteiger partial charge in [-0.25, -0.2) is 0 Å². The average Bonchev–Trinajstić information content (AvgIpc) is 2.83. The summed E-state index contributed by atoms with van der Waals surface area (Å²) in [4.78, 5) is 4.44. The van der Waals surface area contributed by atoms with Crippen molar-refractivity contribution in [3.63, 3.8) is 0 Å². The van der Waals surface area contributed by atoms with E-state index in [0.29, 0.717) is 25.7 Å². The monoisotopic (exact) mass is 493 g/mol. The van der Waals surface area contributed by atoms with Gasteiger partial charge in [-0.15, -0.1) is 24.0 Å². The Balaban J connectivity index is 0.00000225. The molecule has 2 aromatic carbocycles. The molecule has 2 heterocycles. The zero-order valence-electron chi connectivity index (χ0n) is 15.7. The summed E-state index contributed by atoms with van der Waals surface area (Å²) in [6, 6.07) is 13.7. The molecule has 0 fully saturated rings. The average molecular weight is 493 g/mol. The number of benzene rings is 2. The van der Waals surface area contributed by atoms with Crippen molar-refractivity contribution in [3.05, 3.63) is 53.8 Å². The van der Waals surface area contributed by atoms with Crippen LogP contribution < -0.4 is 20.5 Å². The van der Waals surface area contributed by atoms with Crippen molar-refractivity contribution in [3.8, 4) is 11.5 Å². The van der Waals surface area contributed by atoms with E-state index >= 15 is 0 Å². The van der Waals surface area contributed by atoms with Crippen LogP contribution in [0.25, 0.3) is 11.0 Å². The summed E-state index contributed by atoms with van der Waals surface area (Å²) in [5.41, 5.74) is 8.96. The lowest BCUT2D eigenvalue weighted by atomic mass is 10.1. The van der Waals surface area contributed by atoms with Crippen molar-refractivity contribution in [2.75, 3.05) is 25.1 Å². The first-order valence-electron chi connectivity index (χ1n) is 9.14. The lowest BCUT2D eigenvalue weighted by molar-refractivity contribution is 0.297. The Morgan fingerprint density at radius 2 is 1.89 bits per heavy atom. The normalized spacial score (nSPS) is 13.7. The molecule has 0 saturated carbocycles. The highest BCUT2D eigenvalue weighted by atomic mass is 127. The Labute approximate surface area is 181 Å². The van der Waals surface area contributed by atoms with Gasteiger partial charge in [0, 0.05) is 35.7 Å². The number of halogens is 1. The largest absolute Gasteiger partial charge is 0.490 e. The van der Waals surface area contributed by atoms with E-state index < -0.39 is 0 Å². The summed E-state index contributed by atoms with van der Waals surface area (Å²) in [5.74, 6) is 2.79. The molecule has 0 spiro atoms. The Kier molecular flexibility index (Phi) is 6.66. The number of para-hydroxylation sites is 1. The highest BCUT2D eigenvalue weighted by Gasteiger charge is 2.12. The van der Waals surface area contributed by atoms with E-state index in [2.05, 4.69) is 16.4 Å². The summed E-state index contributed by atoms with van der Waals surface area (Å²) in [6.45, 7) is 3.88. The number of guanidine groups is 1. The van der Waals surface area contributed by atoms with E-state index in [9.17, 15) is 0 Å². The minimum absolute atomic E-state index is 0. The Bertz CT molecular complexity index is 984. The molecule has 3 N–H and O–H groups in total. The number of rotatable bonds is 4. The fourth-order valence-corrected chi connectivity index (χ4v) is 3.25.